The minimum Gasteiger partial charge on any atom is -0.351 e. The Bertz CT molecular complexity index is 157. The molecule has 0 aromatic heterocycles. The van der Waals surface area contributed by atoms with Gasteiger partial charge in [0.1, 0.15) is 0 Å². The highest BCUT2D eigenvalue weighted by atomic mass is 16.2. The minimum atomic E-state index is -0.242. The zero-order valence-corrected chi connectivity index (χ0v) is 7.75. The normalized spacial score (nSPS) is 24.1. The van der Waals surface area contributed by atoms with Crippen molar-refractivity contribution in [2.24, 2.45) is 5.73 Å². The van der Waals surface area contributed by atoms with E-state index in [0.29, 0.717) is 6.04 Å². The summed E-state index contributed by atoms with van der Waals surface area (Å²) in [6.07, 6.45) is 5.73. The van der Waals surface area contributed by atoms with Crippen molar-refractivity contribution in [3.05, 3.63) is 0 Å². The second-order valence-corrected chi connectivity index (χ2v) is 3.47. The number of likely N-dealkylation sites (tertiary alicyclic amines) is 1. The third-order valence-electron chi connectivity index (χ3n) is 2.53. The van der Waals surface area contributed by atoms with Crippen molar-refractivity contribution < 1.29 is 4.79 Å². The van der Waals surface area contributed by atoms with Gasteiger partial charge in [0.15, 0.2) is 0 Å². The predicted octanol–water partition coefficient (Wildman–Crippen LogP) is 1.72. The second-order valence-electron chi connectivity index (χ2n) is 3.47. The molecule has 1 rings (SSSR count). The Morgan fingerprint density at radius 2 is 2.33 bits per heavy atom. The van der Waals surface area contributed by atoms with Crippen molar-refractivity contribution in [3.8, 4) is 0 Å². The number of hydrogen-bond donors (Lipinski definition) is 1. The Morgan fingerprint density at radius 1 is 1.58 bits per heavy atom. The number of amides is 2. The van der Waals surface area contributed by atoms with Gasteiger partial charge in [-0.25, -0.2) is 4.79 Å². The highest BCUT2D eigenvalue weighted by molar-refractivity contribution is 5.72. The van der Waals surface area contributed by atoms with Gasteiger partial charge in [0.2, 0.25) is 0 Å². The van der Waals surface area contributed by atoms with E-state index in [1.54, 1.807) is 0 Å². The molecule has 0 radical (unpaired) electrons. The summed E-state index contributed by atoms with van der Waals surface area (Å²) in [5.74, 6) is 0. The topological polar surface area (TPSA) is 46.3 Å². The molecule has 1 saturated heterocycles. The maximum atomic E-state index is 11.0. The molecule has 1 unspecified atom stereocenters. The summed E-state index contributed by atoms with van der Waals surface area (Å²) >= 11 is 0. The van der Waals surface area contributed by atoms with Crippen LogP contribution < -0.4 is 5.73 Å². The SMILES string of the molecule is CCCC1CCCCN1C(N)=O. The summed E-state index contributed by atoms with van der Waals surface area (Å²) in [5, 5.41) is 0. The Kier molecular flexibility index (Phi) is 3.38. The van der Waals surface area contributed by atoms with E-state index < -0.39 is 0 Å². The van der Waals surface area contributed by atoms with Gasteiger partial charge < -0.3 is 10.6 Å². The molecule has 0 aliphatic carbocycles. The van der Waals surface area contributed by atoms with Gasteiger partial charge in [-0.3, -0.25) is 0 Å². The number of urea groups is 1. The molecule has 1 atom stereocenters. The van der Waals surface area contributed by atoms with Crippen molar-refractivity contribution in [2.45, 2.75) is 45.1 Å². The number of carbonyl (C=O) groups excluding carboxylic acids is 1. The van der Waals surface area contributed by atoms with Crippen LogP contribution in [0.3, 0.4) is 0 Å². The van der Waals surface area contributed by atoms with E-state index in [1.807, 2.05) is 4.90 Å². The van der Waals surface area contributed by atoms with Crippen LogP contribution in [-0.4, -0.2) is 23.5 Å². The van der Waals surface area contributed by atoms with Crippen LogP contribution in [0.15, 0.2) is 0 Å². The van der Waals surface area contributed by atoms with Crippen molar-refractivity contribution in [3.63, 3.8) is 0 Å². The van der Waals surface area contributed by atoms with Crippen LogP contribution in [0.2, 0.25) is 0 Å². The molecule has 0 bridgehead atoms. The molecule has 1 heterocycles. The summed E-state index contributed by atoms with van der Waals surface area (Å²) in [4.78, 5) is 12.8. The predicted molar refractivity (Wildman–Crippen MR) is 48.8 cm³/mol. The molecule has 70 valence electrons. The Morgan fingerprint density at radius 3 is 2.92 bits per heavy atom. The third kappa shape index (κ3) is 2.13. The molecule has 2 N–H and O–H groups in total. The summed E-state index contributed by atoms with van der Waals surface area (Å²) < 4.78 is 0. The van der Waals surface area contributed by atoms with Gasteiger partial charge in [0, 0.05) is 12.6 Å². The minimum absolute atomic E-state index is 0.242. The van der Waals surface area contributed by atoms with Crippen LogP contribution in [0, 0.1) is 0 Å². The first-order valence-electron chi connectivity index (χ1n) is 4.81. The summed E-state index contributed by atoms with van der Waals surface area (Å²) in [6, 6.07) is 0.175. The zero-order valence-electron chi connectivity index (χ0n) is 7.75. The standard InChI is InChI=1S/C9H18N2O/c1-2-5-8-6-3-4-7-11(8)9(10)12/h8H,2-7H2,1H3,(H2,10,12). The summed E-state index contributed by atoms with van der Waals surface area (Å²) in [5.41, 5.74) is 5.27. The summed E-state index contributed by atoms with van der Waals surface area (Å²) in [7, 11) is 0. The van der Waals surface area contributed by atoms with Crippen LogP contribution >= 0.6 is 0 Å². The number of piperidine rings is 1. The molecule has 0 aromatic rings. The molecule has 3 heteroatoms. The number of rotatable bonds is 2. The van der Waals surface area contributed by atoms with Crippen LogP contribution in [0.5, 0.6) is 0 Å². The first kappa shape index (κ1) is 9.36. The molecule has 0 aromatic carbocycles. The van der Waals surface area contributed by atoms with Gasteiger partial charge in [-0.2, -0.15) is 0 Å². The maximum Gasteiger partial charge on any atom is 0.315 e. The van der Waals surface area contributed by atoms with Gasteiger partial charge in [-0.1, -0.05) is 13.3 Å². The molecule has 1 aliphatic rings. The first-order chi connectivity index (χ1) is 5.75. The molecule has 1 aliphatic heterocycles. The first-order valence-corrected chi connectivity index (χ1v) is 4.81. The van der Waals surface area contributed by atoms with Gasteiger partial charge in [0.05, 0.1) is 0 Å². The quantitative estimate of drug-likeness (QED) is 0.674. The van der Waals surface area contributed by atoms with Crippen molar-refractivity contribution in [1.29, 1.82) is 0 Å². The van der Waals surface area contributed by atoms with Crippen LogP contribution in [0.1, 0.15) is 39.0 Å². The molecule has 0 spiro atoms. The third-order valence-corrected chi connectivity index (χ3v) is 2.53. The molecular formula is C9H18N2O. The Labute approximate surface area is 73.9 Å². The molecule has 3 nitrogen and oxygen atoms in total. The number of carbonyl (C=O) groups is 1. The van der Waals surface area contributed by atoms with Gasteiger partial charge in [-0.15, -0.1) is 0 Å². The highest BCUT2D eigenvalue weighted by Gasteiger charge is 2.23. The second kappa shape index (κ2) is 4.33. The number of nitrogens with zero attached hydrogens (tertiary/aromatic N) is 1. The molecule has 12 heavy (non-hydrogen) atoms. The van der Waals surface area contributed by atoms with Gasteiger partial charge >= 0.3 is 6.03 Å². The van der Waals surface area contributed by atoms with Gasteiger partial charge in [-0.05, 0) is 25.7 Å². The van der Waals surface area contributed by atoms with E-state index in [2.05, 4.69) is 6.92 Å². The lowest BCUT2D eigenvalue weighted by Gasteiger charge is -2.34. The molecular weight excluding hydrogens is 152 g/mol. The molecule has 1 fully saturated rings. The number of nitrogens with two attached hydrogens (primary N) is 1. The average molecular weight is 170 g/mol. The number of hydrogen-bond acceptors (Lipinski definition) is 1. The van der Waals surface area contributed by atoms with Crippen LogP contribution in [0.25, 0.3) is 0 Å². The Balaban J connectivity index is 2.48. The lowest BCUT2D eigenvalue weighted by molar-refractivity contribution is 0.154. The zero-order chi connectivity index (χ0) is 8.97. The van der Waals surface area contributed by atoms with E-state index in [9.17, 15) is 4.79 Å². The maximum absolute atomic E-state index is 11.0. The smallest absolute Gasteiger partial charge is 0.315 e. The summed E-state index contributed by atoms with van der Waals surface area (Å²) in [6.45, 7) is 3.01. The largest absolute Gasteiger partial charge is 0.351 e. The van der Waals surface area contributed by atoms with E-state index in [0.717, 1.165) is 32.2 Å². The molecule has 2 amide bonds. The molecule has 0 saturated carbocycles. The van der Waals surface area contributed by atoms with E-state index >= 15 is 0 Å². The fourth-order valence-corrected chi connectivity index (χ4v) is 1.92. The van der Waals surface area contributed by atoms with E-state index in [1.165, 1.54) is 6.42 Å². The monoisotopic (exact) mass is 170 g/mol. The fourth-order valence-electron chi connectivity index (χ4n) is 1.92. The van der Waals surface area contributed by atoms with Crippen LogP contribution in [-0.2, 0) is 0 Å². The Hall–Kier alpha value is -0.730. The van der Waals surface area contributed by atoms with Crippen molar-refractivity contribution in [2.75, 3.05) is 6.54 Å². The lowest BCUT2D eigenvalue weighted by atomic mass is 9.99. The van der Waals surface area contributed by atoms with E-state index in [-0.39, 0.29) is 6.03 Å². The lowest BCUT2D eigenvalue weighted by Crippen LogP contribution is -2.46. The van der Waals surface area contributed by atoms with Crippen molar-refractivity contribution in [1.82, 2.24) is 4.90 Å². The number of primary amides is 1. The average Bonchev–Trinajstić information content (AvgIpc) is 2.05. The van der Waals surface area contributed by atoms with Gasteiger partial charge in [0.25, 0.3) is 0 Å². The fraction of sp³-hybridized carbons (Fsp3) is 0.889. The van der Waals surface area contributed by atoms with Crippen LogP contribution in [0.4, 0.5) is 4.79 Å². The highest BCUT2D eigenvalue weighted by Crippen LogP contribution is 2.19. The van der Waals surface area contributed by atoms with Crippen molar-refractivity contribution >= 4 is 6.03 Å². The van der Waals surface area contributed by atoms with E-state index in [4.69, 9.17) is 5.73 Å².